The van der Waals surface area contributed by atoms with Crippen molar-refractivity contribution in [2.45, 2.75) is 33.1 Å². The van der Waals surface area contributed by atoms with Crippen molar-refractivity contribution in [3.8, 4) is 0 Å². The molecule has 0 saturated heterocycles. The van der Waals surface area contributed by atoms with E-state index in [1.165, 1.54) is 6.26 Å². The van der Waals surface area contributed by atoms with E-state index in [9.17, 15) is 4.79 Å². The first-order valence-corrected chi connectivity index (χ1v) is 5.70. The van der Waals surface area contributed by atoms with Crippen LogP contribution >= 0.6 is 15.9 Å². The van der Waals surface area contributed by atoms with E-state index in [4.69, 9.17) is 4.42 Å². The Hall–Kier alpha value is -0.570. The van der Waals surface area contributed by atoms with Gasteiger partial charge in [0.2, 0.25) is 0 Å². The molecule has 0 bridgehead atoms. The number of carbonyl (C=O) groups is 1. The van der Waals surface area contributed by atoms with E-state index in [-0.39, 0.29) is 5.78 Å². The van der Waals surface area contributed by atoms with E-state index in [1.54, 1.807) is 6.07 Å². The normalized spacial score (nSPS) is 12.8. The third-order valence-corrected chi connectivity index (χ3v) is 2.85. The fourth-order valence-electron chi connectivity index (χ4n) is 1.51. The highest BCUT2D eigenvalue weighted by Gasteiger charge is 2.15. The third kappa shape index (κ3) is 2.98. The van der Waals surface area contributed by atoms with Crippen molar-refractivity contribution in [1.82, 2.24) is 0 Å². The molecule has 0 amide bonds. The molecule has 0 N–H and O–H groups in total. The van der Waals surface area contributed by atoms with Gasteiger partial charge in [-0.15, -0.1) is 0 Å². The Labute approximate surface area is 92.8 Å². The summed E-state index contributed by atoms with van der Waals surface area (Å²) < 4.78 is 5.57. The van der Waals surface area contributed by atoms with Crippen molar-refractivity contribution in [2.24, 2.45) is 5.92 Å². The van der Waals surface area contributed by atoms with Crippen LogP contribution in [-0.4, -0.2) is 5.78 Å². The van der Waals surface area contributed by atoms with Gasteiger partial charge in [-0.2, -0.15) is 0 Å². The molecule has 1 atom stereocenters. The Morgan fingerprint density at radius 3 is 2.86 bits per heavy atom. The third-order valence-electron chi connectivity index (χ3n) is 2.23. The van der Waals surface area contributed by atoms with Crippen LogP contribution in [0.4, 0.5) is 0 Å². The fraction of sp³-hybridized carbons (Fsp3) is 0.545. The molecule has 0 aromatic carbocycles. The number of rotatable bonds is 5. The quantitative estimate of drug-likeness (QED) is 0.746. The van der Waals surface area contributed by atoms with Crippen molar-refractivity contribution in [3.63, 3.8) is 0 Å². The Morgan fingerprint density at radius 1 is 1.64 bits per heavy atom. The van der Waals surface area contributed by atoms with E-state index < -0.39 is 0 Å². The predicted molar refractivity (Wildman–Crippen MR) is 59.4 cm³/mol. The summed E-state index contributed by atoms with van der Waals surface area (Å²) >= 11 is 3.21. The van der Waals surface area contributed by atoms with Crippen LogP contribution in [0.5, 0.6) is 0 Å². The predicted octanol–water partition coefficient (Wildman–Crippen LogP) is 4.05. The molecule has 78 valence electrons. The van der Waals surface area contributed by atoms with Crippen LogP contribution in [0, 0.1) is 5.92 Å². The minimum atomic E-state index is 0.159. The van der Waals surface area contributed by atoms with Crippen molar-refractivity contribution < 1.29 is 9.21 Å². The number of furan rings is 1. The molecule has 3 heteroatoms. The lowest BCUT2D eigenvalue weighted by molar-refractivity contribution is 0.0961. The van der Waals surface area contributed by atoms with Crippen molar-refractivity contribution in [1.29, 1.82) is 0 Å². The molecule has 1 rings (SSSR count). The molecule has 14 heavy (non-hydrogen) atoms. The standard InChI is InChI=1S/C11H15BrO2/c1-3-4-8(2)7-10(13)9-5-6-14-11(9)12/h5-6,8H,3-4,7H2,1-2H3. The molecule has 0 radical (unpaired) electrons. The Morgan fingerprint density at radius 2 is 2.36 bits per heavy atom. The van der Waals surface area contributed by atoms with Crippen molar-refractivity contribution in [3.05, 3.63) is 22.6 Å². The molecule has 0 saturated carbocycles. The average Bonchev–Trinajstić information content (AvgIpc) is 2.51. The van der Waals surface area contributed by atoms with Crippen LogP contribution in [0.2, 0.25) is 0 Å². The molecule has 1 unspecified atom stereocenters. The minimum absolute atomic E-state index is 0.159. The van der Waals surface area contributed by atoms with E-state index in [0.29, 0.717) is 22.6 Å². The summed E-state index contributed by atoms with van der Waals surface area (Å²) in [6.45, 7) is 4.24. The summed E-state index contributed by atoms with van der Waals surface area (Å²) in [5.41, 5.74) is 0.660. The maximum Gasteiger partial charge on any atom is 0.179 e. The number of hydrogen-bond acceptors (Lipinski definition) is 2. The van der Waals surface area contributed by atoms with Crippen LogP contribution in [0.3, 0.4) is 0 Å². The Kier molecular flexibility index (Phi) is 4.39. The van der Waals surface area contributed by atoms with Gasteiger partial charge in [0, 0.05) is 6.42 Å². The van der Waals surface area contributed by atoms with Gasteiger partial charge in [0.05, 0.1) is 11.8 Å². The Balaban J connectivity index is 2.55. The molecule has 1 aromatic heterocycles. The van der Waals surface area contributed by atoms with Crippen LogP contribution in [0.25, 0.3) is 0 Å². The van der Waals surface area contributed by atoms with Gasteiger partial charge in [0.1, 0.15) is 0 Å². The lowest BCUT2D eigenvalue weighted by atomic mass is 9.97. The lowest BCUT2D eigenvalue weighted by Gasteiger charge is -2.07. The monoisotopic (exact) mass is 258 g/mol. The van der Waals surface area contributed by atoms with Crippen LogP contribution in [0.1, 0.15) is 43.5 Å². The molecule has 0 aliphatic heterocycles. The number of carbonyl (C=O) groups excluding carboxylic acids is 1. The zero-order valence-electron chi connectivity index (χ0n) is 8.55. The lowest BCUT2D eigenvalue weighted by Crippen LogP contribution is -2.05. The van der Waals surface area contributed by atoms with Gasteiger partial charge in [0.15, 0.2) is 10.5 Å². The van der Waals surface area contributed by atoms with Crippen molar-refractivity contribution >= 4 is 21.7 Å². The highest BCUT2D eigenvalue weighted by atomic mass is 79.9. The van der Waals surface area contributed by atoms with Gasteiger partial charge in [-0.1, -0.05) is 26.7 Å². The molecular weight excluding hydrogens is 244 g/mol. The highest BCUT2D eigenvalue weighted by molar-refractivity contribution is 9.10. The highest BCUT2D eigenvalue weighted by Crippen LogP contribution is 2.21. The average molecular weight is 259 g/mol. The molecule has 0 spiro atoms. The number of Topliss-reactive ketones (excluding diaryl/α,β-unsaturated/α-hetero) is 1. The minimum Gasteiger partial charge on any atom is -0.457 e. The fourth-order valence-corrected chi connectivity index (χ4v) is 1.98. The summed E-state index contributed by atoms with van der Waals surface area (Å²) in [6.07, 6.45) is 4.36. The summed E-state index contributed by atoms with van der Waals surface area (Å²) in [5.74, 6) is 0.612. The zero-order valence-corrected chi connectivity index (χ0v) is 10.1. The second-order valence-electron chi connectivity index (χ2n) is 3.63. The van der Waals surface area contributed by atoms with Gasteiger partial charge < -0.3 is 4.42 Å². The zero-order chi connectivity index (χ0) is 10.6. The van der Waals surface area contributed by atoms with Crippen LogP contribution < -0.4 is 0 Å². The largest absolute Gasteiger partial charge is 0.457 e. The maximum atomic E-state index is 11.7. The van der Waals surface area contributed by atoms with E-state index >= 15 is 0 Å². The van der Waals surface area contributed by atoms with E-state index in [1.807, 2.05) is 0 Å². The topological polar surface area (TPSA) is 30.2 Å². The Bertz CT molecular complexity index is 304. The van der Waals surface area contributed by atoms with Crippen LogP contribution in [-0.2, 0) is 0 Å². The molecule has 1 aromatic rings. The molecule has 0 aliphatic carbocycles. The first-order valence-electron chi connectivity index (χ1n) is 4.91. The molecule has 2 nitrogen and oxygen atoms in total. The van der Waals surface area contributed by atoms with Gasteiger partial charge in [-0.25, -0.2) is 0 Å². The molecule has 0 fully saturated rings. The summed E-state index contributed by atoms with van der Waals surface area (Å²) in [5, 5.41) is 0. The van der Waals surface area contributed by atoms with Crippen molar-refractivity contribution in [2.75, 3.05) is 0 Å². The second kappa shape index (κ2) is 5.35. The number of halogens is 1. The van der Waals surface area contributed by atoms with Gasteiger partial charge >= 0.3 is 0 Å². The summed E-state index contributed by atoms with van der Waals surface area (Å²) in [4.78, 5) is 11.7. The SMILES string of the molecule is CCCC(C)CC(=O)c1ccoc1Br. The number of hydrogen-bond donors (Lipinski definition) is 0. The van der Waals surface area contributed by atoms with Gasteiger partial charge in [-0.05, 0) is 27.9 Å². The molecular formula is C11H15BrO2. The second-order valence-corrected chi connectivity index (χ2v) is 4.35. The summed E-state index contributed by atoms with van der Waals surface area (Å²) in [6, 6.07) is 1.71. The molecule has 1 heterocycles. The molecule has 0 aliphatic rings. The van der Waals surface area contributed by atoms with Gasteiger partial charge in [0.25, 0.3) is 0 Å². The number of ketones is 1. The first kappa shape index (κ1) is 11.5. The first-order chi connectivity index (χ1) is 6.65. The maximum absolute atomic E-state index is 11.7. The smallest absolute Gasteiger partial charge is 0.179 e. The van der Waals surface area contributed by atoms with E-state index in [0.717, 1.165) is 12.8 Å². The van der Waals surface area contributed by atoms with Crippen LogP contribution in [0.15, 0.2) is 21.4 Å². The van der Waals surface area contributed by atoms with Gasteiger partial charge in [-0.3, -0.25) is 4.79 Å². The summed E-state index contributed by atoms with van der Waals surface area (Å²) in [7, 11) is 0. The van der Waals surface area contributed by atoms with E-state index in [2.05, 4.69) is 29.8 Å².